The van der Waals surface area contributed by atoms with Crippen molar-refractivity contribution >= 4 is 17.2 Å². The lowest BCUT2D eigenvalue weighted by molar-refractivity contribution is 0.0957. The summed E-state index contributed by atoms with van der Waals surface area (Å²) in [4.78, 5) is 13.1. The maximum atomic E-state index is 11.4. The Morgan fingerprint density at radius 2 is 2.35 bits per heavy atom. The molecular formula is C11H14N4OS. The first-order valence-corrected chi connectivity index (χ1v) is 6.02. The molecule has 0 atom stereocenters. The van der Waals surface area contributed by atoms with E-state index in [4.69, 9.17) is 5.84 Å². The summed E-state index contributed by atoms with van der Waals surface area (Å²) in [6.45, 7) is 4.67. The number of aryl methyl sites for hydroxylation is 2. The molecular weight excluding hydrogens is 236 g/mol. The largest absolute Gasteiger partial charge is 0.289 e. The van der Waals surface area contributed by atoms with E-state index < -0.39 is 0 Å². The van der Waals surface area contributed by atoms with Gasteiger partial charge >= 0.3 is 0 Å². The highest BCUT2D eigenvalue weighted by Crippen LogP contribution is 2.22. The van der Waals surface area contributed by atoms with Crippen LogP contribution in [0, 0.1) is 13.8 Å². The number of nitrogens with two attached hydrogens (primary N) is 1. The fraction of sp³-hybridized carbons (Fsp3) is 0.273. The lowest BCUT2D eigenvalue weighted by Gasteiger charge is -2.03. The van der Waals surface area contributed by atoms with Crippen LogP contribution >= 0.6 is 11.3 Å². The number of hydrazine groups is 1. The third-order valence-corrected chi connectivity index (χ3v) is 3.72. The summed E-state index contributed by atoms with van der Waals surface area (Å²) in [7, 11) is 0. The van der Waals surface area contributed by atoms with Gasteiger partial charge in [0.25, 0.3) is 5.91 Å². The van der Waals surface area contributed by atoms with Crippen LogP contribution in [-0.2, 0) is 6.54 Å². The number of carbonyl (C=O) groups excluding carboxylic acids is 1. The molecule has 6 heteroatoms. The Hall–Kier alpha value is -1.66. The number of aromatic nitrogens is 2. The lowest BCUT2D eigenvalue weighted by Crippen LogP contribution is -2.29. The van der Waals surface area contributed by atoms with Gasteiger partial charge in [-0.15, -0.1) is 11.3 Å². The second-order valence-electron chi connectivity index (χ2n) is 3.80. The van der Waals surface area contributed by atoms with Gasteiger partial charge in [-0.1, -0.05) is 0 Å². The van der Waals surface area contributed by atoms with Gasteiger partial charge in [-0.05, 0) is 31.5 Å². The zero-order valence-electron chi connectivity index (χ0n) is 9.73. The van der Waals surface area contributed by atoms with Crippen molar-refractivity contribution in [2.75, 3.05) is 0 Å². The van der Waals surface area contributed by atoms with Crippen LogP contribution in [0.5, 0.6) is 0 Å². The van der Waals surface area contributed by atoms with Crippen molar-refractivity contribution in [2.24, 2.45) is 5.84 Å². The molecule has 0 aliphatic heterocycles. The van der Waals surface area contributed by atoms with E-state index in [0.717, 1.165) is 16.1 Å². The molecule has 2 rings (SSSR count). The summed E-state index contributed by atoms with van der Waals surface area (Å²) in [6, 6.07) is 3.82. The van der Waals surface area contributed by atoms with Crippen molar-refractivity contribution in [1.82, 2.24) is 15.2 Å². The number of carbonyl (C=O) groups is 1. The Morgan fingerprint density at radius 3 is 2.94 bits per heavy atom. The molecule has 0 saturated carbocycles. The van der Waals surface area contributed by atoms with E-state index in [9.17, 15) is 4.79 Å². The molecule has 5 nitrogen and oxygen atoms in total. The van der Waals surface area contributed by atoms with E-state index >= 15 is 0 Å². The van der Waals surface area contributed by atoms with Crippen molar-refractivity contribution < 1.29 is 4.79 Å². The first-order valence-electron chi connectivity index (χ1n) is 5.20. The minimum absolute atomic E-state index is 0.249. The van der Waals surface area contributed by atoms with Gasteiger partial charge in [0.2, 0.25) is 0 Å². The van der Waals surface area contributed by atoms with E-state index in [0.29, 0.717) is 11.4 Å². The van der Waals surface area contributed by atoms with Crippen molar-refractivity contribution in [3.05, 3.63) is 39.3 Å². The molecule has 90 valence electrons. The maximum Gasteiger partial charge on any atom is 0.275 e. The van der Waals surface area contributed by atoms with Crippen LogP contribution < -0.4 is 11.3 Å². The van der Waals surface area contributed by atoms with Crippen LogP contribution in [0.25, 0.3) is 0 Å². The summed E-state index contributed by atoms with van der Waals surface area (Å²) in [6.07, 6.45) is 1.77. The van der Waals surface area contributed by atoms with Gasteiger partial charge in [-0.25, -0.2) is 5.84 Å². The van der Waals surface area contributed by atoms with E-state index in [1.807, 2.05) is 30.7 Å². The zero-order valence-corrected chi connectivity index (χ0v) is 10.5. The van der Waals surface area contributed by atoms with E-state index in [2.05, 4.69) is 10.5 Å². The fourth-order valence-corrected chi connectivity index (χ4v) is 2.52. The summed E-state index contributed by atoms with van der Waals surface area (Å²) in [5.41, 5.74) is 4.34. The molecule has 0 aliphatic rings. The summed E-state index contributed by atoms with van der Waals surface area (Å²) in [5.74, 6) is 4.86. The topological polar surface area (TPSA) is 72.9 Å². The molecule has 1 amide bonds. The van der Waals surface area contributed by atoms with Gasteiger partial charge in [-0.3, -0.25) is 14.9 Å². The summed E-state index contributed by atoms with van der Waals surface area (Å²) in [5, 5.41) is 4.22. The van der Waals surface area contributed by atoms with E-state index in [1.54, 1.807) is 6.20 Å². The van der Waals surface area contributed by atoms with Crippen LogP contribution in [0.4, 0.5) is 0 Å². The van der Waals surface area contributed by atoms with Crippen LogP contribution in [0.2, 0.25) is 0 Å². The Kier molecular flexibility index (Phi) is 3.26. The molecule has 0 bridgehead atoms. The normalized spacial score (nSPS) is 10.5. The highest BCUT2D eigenvalue weighted by Gasteiger charge is 2.12. The minimum Gasteiger partial charge on any atom is -0.289 e. The Labute approximate surface area is 103 Å². The quantitative estimate of drug-likeness (QED) is 0.488. The third kappa shape index (κ3) is 2.37. The standard InChI is InChI=1S/C11H14N4OS/c1-7-3-4-13-15(7)6-9-5-10(11(16)14-12)17-8(9)2/h3-5H,6,12H2,1-2H3,(H,14,16). The van der Waals surface area contributed by atoms with Crippen molar-refractivity contribution in [3.63, 3.8) is 0 Å². The molecule has 0 aliphatic carbocycles. The first kappa shape index (κ1) is 11.8. The second kappa shape index (κ2) is 4.68. The van der Waals surface area contributed by atoms with Crippen molar-refractivity contribution in [3.8, 4) is 0 Å². The zero-order chi connectivity index (χ0) is 12.4. The van der Waals surface area contributed by atoms with Crippen molar-refractivity contribution in [1.29, 1.82) is 0 Å². The average molecular weight is 250 g/mol. The monoisotopic (exact) mass is 250 g/mol. The molecule has 2 aromatic heterocycles. The van der Waals surface area contributed by atoms with Crippen molar-refractivity contribution in [2.45, 2.75) is 20.4 Å². The molecule has 0 spiro atoms. The summed E-state index contributed by atoms with van der Waals surface area (Å²) < 4.78 is 1.90. The molecule has 0 unspecified atom stereocenters. The predicted molar refractivity (Wildman–Crippen MR) is 66.8 cm³/mol. The smallest absolute Gasteiger partial charge is 0.275 e. The van der Waals surface area contributed by atoms with Crippen LogP contribution in [0.1, 0.15) is 25.8 Å². The summed E-state index contributed by atoms with van der Waals surface area (Å²) >= 11 is 1.44. The number of amides is 1. The molecule has 17 heavy (non-hydrogen) atoms. The molecule has 2 heterocycles. The van der Waals surface area contributed by atoms with E-state index in [1.165, 1.54) is 11.3 Å². The molecule has 2 aromatic rings. The van der Waals surface area contributed by atoms with Gasteiger partial charge in [0.15, 0.2) is 0 Å². The Balaban J connectivity index is 2.25. The maximum absolute atomic E-state index is 11.4. The number of nitrogens with zero attached hydrogens (tertiary/aromatic N) is 2. The Morgan fingerprint density at radius 1 is 1.59 bits per heavy atom. The van der Waals surface area contributed by atoms with Gasteiger partial charge in [0.1, 0.15) is 0 Å². The Bertz CT molecular complexity index is 543. The van der Waals surface area contributed by atoms with Crippen LogP contribution in [0.15, 0.2) is 18.3 Å². The van der Waals surface area contributed by atoms with Gasteiger partial charge in [0.05, 0.1) is 11.4 Å². The predicted octanol–water partition coefficient (Wildman–Crippen LogP) is 1.21. The number of rotatable bonds is 3. The minimum atomic E-state index is -0.249. The van der Waals surface area contributed by atoms with Gasteiger partial charge in [-0.2, -0.15) is 5.10 Å². The molecule has 3 N–H and O–H groups in total. The van der Waals surface area contributed by atoms with Gasteiger partial charge < -0.3 is 0 Å². The molecule has 0 fully saturated rings. The highest BCUT2D eigenvalue weighted by atomic mass is 32.1. The van der Waals surface area contributed by atoms with E-state index in [-0.39, 0.29) is 5.91 Å². The number of nitrogen functional groups attached to an aromatic ring is 1. The number of thiophene rings is 1. The number of hydrogen-bond donors (Lipinski definition) is 2. The molecule has 0 aromatic carbocycles. The number of nitrogens with one attached hydrogen (secondary N) is 1. The SMILES string of the molecule is Cc1sc(C(=O)NN)cc1Cn1nccc1C. The fourth-order valence-electron chi connectivity index (χ4n) is 1.59. The molecule has 0 radical (unpaired) electrons. The lowest BCUT2D eigenvalue weighted by atomic mass is 10.2. The third-order valence-electron chi connectivity index (χ3n) is 2.62. The number of hydrogen-bond acceptors (Lipinski definition) is 4. The van der Waals surface area contributed by atoms with Gasteiger partial charge in [0, 0.05) is 16.8 Å². The molecule has 0 saturated heterocycles. The first-order chi connectivity index (χ1) is 8.11. The van der Waals surface area contributed by atoms with Crippen LogP contribution in [0.3, 0.4) is 0 Å². The second-order valence-corrected chi connectivity index (χ2v) is 5.05. The average Bonchev–Trinajstić information content (AvgIpc) is 2.87. The highest BCUT2D eigenvalue weighted by molar-refractivity contribution is 7.14. The van der Waals surface area contributed by atoms with Crippen LogP contribution in [-0.4, -0.2) is 15.7 Å².